The molecule has 0 radical (unpaired) electrons. The highest BCUT2D eigenvalue weighted by Crippen LogP contribution is 2.21. The van der Waals surface area contributed by atoms with Crippen LogP contribution in [0.1, 0.15) is 5.56 Å². The summed E-state index contributed by atoms with van der Waals surface area (Å²) in [5.74, 6) is -0.397. The SMILES string of the molecule is O=C(Cn1ccccc1=O)N=c1sccn1Cc1ccc(Cl)cc1Cl. The van der Waals surface area contributed by atoms with Gasteiger partial charge in [0.05, 0.1) is 6.54 Å². The molecule has 3 rings (SSSR count). The number of rotatable bonds is 4. The third-order valence-electron chi connectivity index (χ3n) is 3.44. The highest BCUT2D eigenvalue weighted by Gasteiger charge is 2.06. The molecule has 8 heteroatoms. The van der Waals surface area contributed by atoms with Crippen molar-refractivity contribution >= 4 is 40.4 Å². The summed E-state index contributed by atoms with van der Waals surface area (Å²) >= 11 is 13.4. The number of aromatic nitrogens is 2. The molecule has 0 spiro atoms. The van der Waals surface area contributed by atoms with Gasteiger partial charge in [-0.05, 0) is 23.8 Å². The molecular weight excluding hydrogens is 381 g/mol. The number of halogens is 2. The van der Waals surface area contributed by atoms with E-state index in [-0.39, 0.29) is 12.1 Å². The molecule has 0 aliphatic heterocycles. The van der Waals surface area contributed by atoms with Gasteiger partial charge in [0.1, 0.15) is 6.54 Å². The Bertz CT molecular complexity index is 1040. The molecule has 0 unspecified atom stereocenters. The van der Waals surface area contributed by atoms with E-state index in [4.69, 9.17) is 23.2 Å². The first-order chi connectivity index (χ1) is 12.0. The van der Waals surface area contributed by atoms with Crippen molar-refractivity contribution in [2.45, 2.75) is 13.1 Å². The van der Waals surface area contributed by atoms with Crippen molar-refractivity contribution in [2.75, 3.05) is 0 Å². The lowest BCUT2D eigenvalue weighted by Gasteiger charge is -2.06. The summed E-state index contributed by atoms with van der Waals surface area (Å²) in [5, 5.41) is 2.96. The van der Waals surface area contributed by atoms with Crippen LogP contribution in [0.3, 0.4) is 0 Å². The van der Waals surface area contributed by atoms with Crippen molar-refractivity contribution in [1.29, 1.82) is 0 Å². The van der Waals surface area contributed by atoms with Crippen molar-refractivity contribution in [3.63, 3.8) is 0 Å². The summed E-state index contributed by atoms with van der Waals surface area (Å²) in [7, 11) is 0. The molecule has 128 valence electrons. The largest absolute Gasteiger partial charge is 0.319 e. The van der Waals surface area contributed by atoms with Gasteiger partial charge in [0.2, 0.25) is 0 Å². The summed E-state index contributed by atoms with van der Waals surface area (Å²) in [5.41, 5.74) is 0.635. The van der Waals surface area contributed by atoms with Crippen LogP contribution in [0.5, 0.6) is 0 Å². The summed E-state index contributed by atoms with van der Waals surface area (Å²) in [4.78, 5) is 28.5. The fourth-order valence-corrected chi connectivity index (χ4v) is 3.43. The molecule has 0 aliphatic carbocycles. The molecule has 1 amide bonds. The molecule has 0 bridgehead atoms. The number of amides is 1. The quantitative estimate of drug-likeness (QED) is 0.683. The number of benzene rings is 1. The highest BCUT2D eigenvalue weighted by atomic mass is 35.5. The maximum absolute atomic E-state index is 12.2. The normalized spacial score (nSPS) is 11.7. The molecule has 0 fully saturated rings. The first-order valence-corrected chi connectivity index (χ1v) is 8.97. The maximum Gasteiger partial charge on any atom is 0.268 e. The first-order valence-electron chi connectivity index (χ1n) is 7.34. The van der Waals surface area contributed by atoms with Crippen molar-refractivity contribution in [2.24, 2.45) is 4.99 Å². The van der Waals surface area contributed by atoms with Crippen LogP contribution < -0.4 is 10.4 Å². The van der Waals surface area contributed by atoms with E-state index in [9.17, 15) is 9.59 Å². The molecule has 0 saturated heterocycles. The smallest absolute Gasteiger partial charge is 0.268 e. The van der Waals surface area contributed by atoms with Gasteiger partial charge >= 0.3 is 0 Å². The Morgan fingerprint density at radius 2 is 1.96 bits per heavy atom. The number of carbonyl (C=O) groups excluding carboxylic acids is 1. The Labute approximate surface area is 157 Å². The zero-order valence-electron chi connectivity index (χ0n) is 12.9. The second kappa shape index (κ2) is 7.82. The lowest BCUT2D eigenvalue weighted by Crippen LogP contribution is -2.24. The lowest BCUT2D eigenvalue weighted by atomic mass is 10.2. The van der Waals surface area contributed by atoms with E-state index in [0.29, 0.717) is 21.4 Å². The predicted octanol–water partition coefficient (Wildman–Crippen LogP) is 3.19. The monoisotopic (exact) mass is 393 g/mol. The highest BCUT2D eigenvalue weighted by molar-refractivity contribution is 7.07. The van der Waals surface area contributed by atoms with E-state index in [1.165, 1.54) is 22.0 Å². The average molecular weight is 394 g/mol. The van der Waals surface area contributed by atoms with Crippen LogP contribution in [-0.4, -0.2) is 15.0 Å². The van der Waals surface area contributed by atoms with Gasteiger partial charge in [-0.1, -0.05) is 35.3 Å². The summed E-state index contributed by atoms with van der Waals surface area (Å²) < 4.78 is 3.14. The molecule has 1 aromatic carbocycles. The van der Waals surface area contributed by atoms with Crippen molar-refractivity contribution in [3.05, 3.63) is 84.9 Å². The molecular formula is C17H13Cl2N3O2S. The van der Waals surface area contributed by atoms with Crippen LogP contribution in [-0.2, 0) is 17.9 Å². The predicted molar refractivity (Wildman–Crippen MR) is 99.1 cm³/mol. The fourth-order valence-electron chi connectivity index (χ4n) is 2.22. The minimum Gasteiger partial charge on any atom is -0.319 e. The molecule has 2 heterocycles. The fraction of sp³-hybridized carbons (Fsp3) is 0.118. The van der Waals surface area contributed by atoms with Crippen molar-refractivity contribution in [1.82, 2.24) is 9.13 Å². The van der Waals surface area contributed by atoms with Crippen LogP contribution in [0.25, 0.3) is 0 Å². The minimum atomic E-state index is -0.397. The van der Waals surface area contributed by atoms with Gasteiger partial charge in [0.15, 0.2) is 4.80 Å². The molecule has 0 aliphatic rings. The maximum atomic E-state index is 12.2. The van der Waals surface area contributed by atoms with Gasteiger partial charge < -0.3 is 9.13 Å². The van der Waals surface area contributed by atoms with Gasteiger partial charge in [-0.2, -0.15) is 4.99 Å². The standard InChI is InChI=1S/C17H13Cl2N3O2S/c18-13-5-4-12(14(19)9-13)10-22-7-8-25-17(22)20-15(23)11-21-6-2-1-3-16(21)24/h1-9H,10-11H2. The zero-order chi connectivity index (χ0) is 17.8. The Kier molecular flexibility index (Phi) is 5.53. The van der Waals surface area contributed by atoms with Crippen LogP contribution in [0, 0.1) is 0 Å². The first kappa shape index (κ1) is 17.7. The van der Waals surface area contributed by atoms with Gasteiger partial charge in [-0.25, -0.2) is 0 Å². The third-order valence-corrected chi connectivity index (χ3v) is 4.82. The summed E-state index contributed by atoms with van der Waals surface area (Å²) in [6.45, 7) is 0.371. The Hall–Kier alpha value is -2.15. The molecule has 25 heavy (non-hydrogen) atoms. The van der Waals surface area contributed by atoms with E-state index < -0.39 is 5.91 Å². The van der Waals surface area contributed by atoms with E-state index in [1.807, 2.05) is 22.2 Å². The number of nitrogens with zero attached hydrogens (tertiary/aromatic N) is 3. The number of hydrogen-bond donors (Lipinski definition) is 0. The van der Waals surface area contributed by atoms with Gasteiger partial charge in [-0.15, -0.1) is 11.3 Å². The zero-order valence-corrected chi connectivity index (χ0v) is 15.3. The Morgan fingerprint density at radius 3 is 2.72 bits per heavy atom. The second-order valence-electron chi connectivity index (χ2n) is 5.22. The molecule has 0 N–H and O–H groups in total. The molecule has 2 aromatic heterocycles. The third kappa shape index (κ3) is 4.48. The summed E-state index contributed by atoms with van der Waals surface area (Å²) in [6.07, 6.45) is 3.39. The van der Waals surface area contributed by atoms with Gasteiger partial charge in [-0.3, -0.25) is 9.59 Å². The van der Waals surface area contributed by atoms with Crippen LogP contribution >= 0.6 is 34.5 Å². The van der Waals surface area contributed by atoms with Gasteiger partial charge in [0.25, 0.3) is 11.5 Å². The van der Waals surface area contributed by atoms with Crippen LogP contribution in [0.4, 0.5) is 0 Å². The van der Waals surface area contributed by atoms with E-state index in [0.717, 1.165) is 5.56 Å². The molecule has 0 atom stereocenters. The Morgan fingerprint density at radius 1 is 1.12 bits per heavy atom. The molecule has 3 aromatic rings. The van der Waals surface area contributed by atoms with E-state index in [1.54, 1.807) is 30.5 Å². The average Bonchev–Trinajstić information content (AvgIpc) is 2.99. The van der Waals surface area contributed by atoms with Crippen molar-refractivity contribution in [3.8, 4) is 0 Å². The van der Waals surface area contributed by atoms with E-state index in [2.05, 4.69) is 4.99 Å². The van der Waals surface area contributed by atoms with Crippen molar-refractivity contribution < 1.29 is 4.79 Å². The minimum absolute atomic E-state index is 0.0979. The van der Waals surface area contributed by atoms with Gasteiger partial charge in [0, 0.05) is 33.9 Å². The molecule has 0 saturated carbocycles. The number of thiazole rings is 1. The molecule has 5 nitrogen and oxygen atoms in total. The van der Waals surface area contributed by atoms with E-state index >= 15 is 0 Å². The summed E-state index contributed by atoms with van der Waals surface area (Å²) in [6, 6.07) is 10.0. The lowest BCUT2D eigenvalue weighted by molar-refractivity contribution is -0.118. The topological polar surface area (TPSA) is 56.4 Å². The number of hydrogen-bond acceptors (Lipinski definition) is 3. The Balaban J connectivity index is 1.83. The van der Waals surface area contributed by atoms with Crippen LogP contribution in [0.15, 0.2) is 64.0 Å². The van der Waals surface area contributed by atoms with Crippen LogP contribution in [0.2, 0.25) is 10.0 Å². The number of pyridine rings is 1. The number of carbonyl (C=O) groups is 1. The second-order valence-corrected chi connectivity index (χ2v) is 6.94.